The molecule has 0 aromatic heterocycles. The predicted octanol–water partition coefficient (Wildman–Crippen LogP) is 2.66. The Kier molecular flexibility index (Phi) is 4.83. The number of aliphatic hydroxyl groups excluding tert-OH is 1. The van der Waals surface area contributed by atoms with Gasteiger partial charge >= 0.3 is 0 Å². The first-order valence-corrected chi connectivity index (χ1v) is 7.39. The molecule has 0 bridgehead atoms. The summed E-state index contributed by atoms with van der Waals surface area (Å²) in [6.45, 7) is 10.9. The highest BCUT2D eigenvalue weighted by Gasteiger charge is 2.20. The van der Waals surface area contributed by atoms with Gasteiger partial charge in [0, 0.05) is 37.9 Å². The van der Waals surface area contributed by atoms with Gasteiger partial charge in [-0.05, 0) is 38.0 Å². The number of aliphatic hydroxyl groups is 1. The van der Waals surface area contributed by atoms with Gasteiger partial charge in [-0.15, -0.1) is 0 Å². The number of hydrogen-bond acceptors (Lipinski definition) is 3. The highest BCUT2D eigenvalue weighted by atomic mass is 16.3. The lowest BCUT2D eigenvalue weighted by molar-refractivity contribution is 0.192. The molecular weight excluding hydrogens is 236 g/mol. The molecule has 106 valence electrons. The average Bonchev–Trinajstić information content (AvgIpc) is 2.46. The van der Waals surface area contributed by atoms with E-state index in [9.17, 15) is 5.11 Å². The summed E-state index contributed by atoms with van der Waals surface area (Å²) in [6, 6.07) is 9.00. The maximum atomic E-state index is 9.53. The van der Waals surface area contributed by atoms with Gasteiger partial charge in [0.25, 0.3) is 0 Å². The first-order chi connectivity index (χ1) is 9.11. The fraction of sp³-hybridized carbons (Fsp3) is 0.625. The van der Waals surface area contributed by atoms with Crippen LogP contribution >= 0.6 is 0 Å². The van der Waals surface area contributed by atoms with Crippen LogP contribution in [0.2, 0.25) is 0 Å². The van der Waals surface area contributed by atoms with E-state index in [2.05, 4.69) is 35.8 Å². The Morgan fingerprint density at radius 2 is 1.63 bits per heavy atom. The van der Waals surface area contributed by atoms with Crippen molar-refractivity contribution >= 4 is 5.69 Å². The van der Waals surface area contributed by atoms with Gasteiger partial charge < -0.3 is 10.0 Å². The molecule has 1 fully saturated rings. The Balaban J connectivity index is 1.94. The van der Waals surface area contributed by atoms with Gasteiger partial charge in [0.1, 0.15) is 0 Å². The summed E-state index contributed by atoms with van der Waals surface area (Å²) < 4.78 is 0. The topological polar surface area (TPSA) is 26.7 Å². The maximum absolute atomic E-state index is 9.53. The molecule has 19 heavy (non-hydrogen) atoms. The Morgan fingerprint density at radius 1 is 1.05 bits per heavy atom. The monoisotopic (exact) mass is 262 g/mol. The fourth-order valence-corrected chi connectivity index (χ4v) is 2.64. The summed E-state index contributed by atoms with van der Waals surface area (Å²) in [5, 5.41) is 9.53. The van der Waals surface area contributed by atoms with Gasteiger partial charge in [-0.25, -0.2) is 0 Å². The Bertz CT molecular complexity index is 380. The average molecular weight is 262 g/mol. The predicted molar refractivity (Wildman–Crippen MR) is 80.6 cm³/mol. The summed E-state index contributed by atoms with van der Waals surface area (Å²) in [5.41, 5.74) is 2.26. The van der Waals surface area contributed by atoms with Crippen LogP contribution in [-0.2, 0) is 0 Å². The van der Waals surface area contributed by atoms with Gasteiger partial charge in [-0.2, -0.15) is 0 Å². The van der Waals surface area contributed by atoms with Crippen LogP contribution in [0.15, 0.2) is 24.3 Å². The second-order valence-corrected chi connectivity index (χ2v) is 5.55. The molecule has 0 radical (unpaired) electrons. The van der Waals surface area contributed by atoms with E-state index >= 15 is 0 Å². The number of piperazine rings is 1. The molecule has 1 aliphatic heterocycles. The molecule has 3 nitrogen and oxygen atoms in total. The van der Waals surface area contributed by atoms with E-state index in [0.717, 1.165) is 31.7 Å². The minimum Gasteiger partial charge on any atom is -0.389 e. The van der Waals surface area contributed by atoms with Gasteiger partial charge in [0.2, 0.25) is 0 Å². The van der Waals surface area contributed by atoms with E-state index in [1.165, 1.54) is 12.1 Å². The van der Waals surface area contributed by atoms with Crippen molar-refractivity contribution in [2.45, 2.75) is 39.3 Å². The van der Waals surface area contributed by atoms with E-state index in [4.69, 9.17) is 0 Å². The summed E-state index contributed by atoms with van der Waals surface area (Å²) in [4.78, 5) is 5.01. The first-order valence-electron chi connectivity index (χ1n) is 7.39. The second-order valence-electron chi connectivity index (χ2n) is 5.55. The zero-order chi connectivity index (χ0) is 13.8. The molecule has 3 heteroatoms. The molecule has 1 aromatic carbocycles. The first kappa shape index (κ1) is 14.4. The van der Waals surface area contributed by atoms with Crippen molar-refractivity contribution in [3.05, 3.63) is 29.8 Å². The van der Waals surface area contributed by atoms with Crippen LogP contribution in [0.3, 0.4) is 0 Å². The number of anilines is 1. The van der Waals surface area contributed by atoms with Gasteiger partial charge in [0.05, 0.1) is 6.10 Å². The zero-order valence-electron chi connectivity index (χ0n) is 12.3. The largest absolute Gasteiger partial charge is 0.389 e. The van der Waals surface area contributed by atoms with Gasteiger partial charge in [0.15, 0.2) is 0 Å². The molecule has 2 unspecified atom stereocenters. The van der Waals surface area contributed by atoms with Gasteiger partial charge in [-0.3, -0.25) is 4.90 Å². The molecule has 0 saturated carbocycles. The zero-order valence-corrected chi connectivity index (χ0v) is 12.3. The number of rotatable bonds is 4. The second kappa shape index (κ2) is 6.40. The maximum Gasteiger partial charge on any atom is 0.0761 e. The third kappa shape index (κ3) is 3.48. The van der Waals surface area contributed by atoms with Crippen molar-refractivity contribution in [2.24, 2.45) is 0 Å². The van der Waals surface area contributed by atoms with Crippen molar-refractivity contribution in [1.82, 2.24) is 4.90 Å². The van der Waals surface area contributed by atoms with Crippen molar-refractivity contribution in [3.63, 3.8) is 0 Å². The van der Waals surface area contributed by atoms with Crippen molar-refractivity contribution < 1.29 is 5.11 Å². The third-order valence-electron chi connectivity index (χ3n) is 4.27. The molecule has 1 N–H and O–H groups in total. The van der Waals surface area contributed by atoms with Crippen LogP contribution < -0.4 is 4.90 Å². The number of nitrogens with zero attached hydrogens (tertiary/aromatic N) is 2. The molecular formula is C16H26N2O. The van der Waals surface area contributed by atoms with E-state index in [1.54, 1.807) is 6.92 Å². The standard InChI is InChI=1S/C16H26N2O/c1-4-13(2)17-9-11-18(12-10-17)16-7-5-15(6-8-16)14(3)19/h5-8,13-14,19H,4,9-12H2,1-3H3. The Labute approximate surface area is 116 Å². The fourth-order valence-electron chi connectivity index (χ4n) is 2.64. The molecule has 1 aliphatic rings. The van der Waals surface area contributed by atoms with Crippen molar-refractivity contribution in [2.75, 3.05) is 31.1 Å². The quantitative estimate of drug-likeness (QED) is 0.903. The van der Waals surface area contributed by atoms with Crippen LogP contribution in [0.5, 0.6) is 0 Å². The minimum absolute atomic E-state index is 0.378. The van der Waals surface area contributed by atoms with E-state index < -0.39 is 0 Å². The lowest BCUT2D eigenvalue weighted by Crippen LogP contribution is -2.49. The molecule has 1 heterocycles. The highest BCUT2D eigenvalue weighted by Crippen LogP contribution is 2.21. The van der Waals surface area contributed by atoms with E-state index in [-0.39, 0.29) is 6.10 Å². The molecule has 2 rings (SSSR count). The molecule has 0 amide bonds. The Hall–Kier alpha value is -1.06. The molecule has 0 spiro atoms. The van der Waals surface area contributed by atoms with Crippen LogP contribution in [-0.4, -0.2) is 42.2 Å². The third-order valence-corrected chi connectivity index (χ3v) is 4.27. The van der Waals surface area contributed by atoms with E-state index in [0.29, 0.717) is 6.04 Å². The van der Waals surface area contributed by atoms with E-state index in [1.807, 2.05) is 12.1 Å². The number of hydrogen-bond donors (Lipinski definition) is 1. The van der Waals surface area contributed by atoms with Crippen molar-refractivity contribution in [3.8, 4) is 0 Å². The lowest BCUT2D eigenvalue weighted by Gasteiger charge is -2.39. The highest BCUT2D eigenvalue weighted by molar-refractivity contribution is 5.48. The van der Waals surface area contributed by atoms with Gasteiger partial charge in [-0.1, -0.05) is 19.1 Å². The normalized spacial score (nSPS) is 20.3. The van der Waals surface area contributed by atoms with Crippen LogP contribution in [0.1, 0.15) is 38.9 Å². The summed E-state index contributed by atoms with van der Waals surface area (Å²) in [6.07, 6.45) is 0.847. The summed E-state index contributed by atoms with van der Waals surface area (Å²) >= 11 is 0. The van der Waals surface area contributed by atoms with Crippen LogP contribution in [0, 0.1) is 0 Å². The molecule has 0 aliphatic carbocycles. The summed E-state index contributed by atoms with van der Waals surface area (Å²) in [7, 11) is 0. The lowest BCUT2D eigenvalue weighted by atomic mass is 10.1. The molecule has 2 atom stereocenters. The Morgan fingerprint density at radius 3 is 2.11 bits per heavy atom. The minimum atomic E-state index is -0.378. The van der Waals surface area contributed by atoms with Crippen LogP contribution in [0.4, 0.5) is 5.69 Å². The molecule has 1 aromatic rings. The smallest absolute Gasteiger partial charge is 0.0761 e. The SMILES string of the molecule is CCC(C)N1CCN(c2ccc(C(C)O)cc2)CC1. The van der Waals surface area contributed by atoms with Crippen LogP contribution in [0.25, 0.3) is 0 Å². The summed E-state index contributed by atoms with van der Waals surface area (Å²) in [5.74, 6) is 0. The molecule has 1 saturated heterocycles. The number of benzene rings is 1. The van der Waals surface area contributed by atoms with Crippen molar-refractivity contribution in [1.29, 1.82) is 0 Å².